The van der Waals surface area contributed by atoms with Crippen molar-refractivity contribution in [2.45, 2.75) is 37.3 Å². The maximum absolute atomic E-state index is 9.51. The Hall–Kier alpha value is -0.510. The van der Waals surface area contributed by atoms with Crippen LogP contribution in [0.25, 0.3) is 0 Å². The number of hydrogen-bond donors (Lipinski definition) is 2. The highest BCUT2D eigenvalue weighted by atomic mass is 32.2. The molecule has 1 aromatic carbocycles. The van der Waals surface area contributed by atoms with Gasteiger partial charge in [0.1, 0.15) is 0 Å². The Morgan fingerprint density at radius 3 is 2.81 bits per heavy atom. The summed E-state index contributed by atoms with van der Waals surface area (Å²) in [5, 5.41) is 13.0. The zero-order valence-corrected chi connectivity index (χ0v) is 10.9. The molecule has 0 saturated carbocycles. The first kappa shape index (κ1) is 12.0. The van der Waals surface area contributed by atoms with Crippen molar-refractivity contribution in [3.05, 3.63) is 28.8 Å². The summed E-state index contributed by atoms with van der Waals surface area (Å²) in [6.07, 6.45) is 3.13. The van der Waals surface area contributed by atoms with Gasteiger partial charge in [0.05, 0.1) is 6.61 Å². The molecule has 0 aliphatic carbocycles. The van der Waals surface area contributed by atoms with Gasteiger partial charge in [-0.2, -0.15) is 0 Å². The van der Waals surface area contributed by atoms with Gasteiger partial charge in [-0.1, -0.05) is 0 Å². The molecule has 0 saturated heterocycles. The van der Waals surface area contributed by atoms with Crippen molar-refractivity contribution < 1.29 is 5.11 Å². The number of thioether (sulfide) groups is 1. The zero-order chi connectivity index (χ0) is 11.8. The van der Waals surface area contributed by atoms with Crippen molar-refractivity contribution in [3.8, 4) is 0 Å². The predicted octanol–water partition coefficient (Wildman–Crippen LogP) is 2.28. The minimum absolute atomic E-state index is 0.0252. The molecule has 1 heterocycles. The van der Waals surface area contributed by atoms with E-state index in [1.165, 1.54) is 16.0 Å². The summed E-state index contributed by atoms with van der Waals surface area (Å²) in [4.78, 5) is 1.25. The molecule has 88 valence electrons. The fourth-order valence-electron chi connectivity index (χ4n) is 2.58. The van der Waals surface area contributed by atoms with Crippen molar-refractivity contribution in [2.75, 3.05) is 12.8 Å². The van der Waals surface area contributed by atoms with Crippen molar-refractivity contribution in [1.82, 2.24) is 5.32 Å². The molecule has 2 nitrogen and oxygen atoms in total. The average Bonchev–Trinajstić information content (AvgIpc) is 2.26. The molecule has 0 amide bonds. The van der Waals surface area contributed by atoms with E-state index in [0.717, 1.165) is 18.5 Å². The molecule has 1 aromatic rings. The highest BCUT2D eigenvalue weighted by Crippen LogP contribution is 2.34. The van der Waals surface area contributed by atoms with E-state index < -0.39 is 0 Å². The second kappa shape index (κ2) is 4.40. The van der Waals surface area contributed by atoms with E-state index >= 15 is 0 Å². The average molecular weight is 237 g/mol. The Labute approximate surface area is 101 Å². The van der Waals surface area contributed by atoms with Crippen LogP contribution in [0.2, 0.25) is 0 Å². The first-order chi connectivity index (χ1) is 7.58. The first-order valence-corrected chi connectivity index (χ1v) is 6.87. The summed E-state index contributed by atoms with van der Waals surface area (Å²) in [5.74, 6) is 0. The van der Waals surface area contributed by atoms with E-state index in [1.807, 2.05) is 0 Å². The third-order valence-corrected chi connectivity index (χ3v) is 3.97. The lowest BCUT2D eigenvalue weighted by atomic mass is 9.82. The molecule has 1 aliphatic heterocycles. The second-order valence-corrected chi connectivity index (χ2v) is 5.66. The van der Waals surface area contributed by atoms with Crippen molar-refractivity contribution in [3.63, 3.8) is 0 Å². The maximum Gasteiger partial charge on any atom is 0.0685 e. The number of nitrogens with one attached hydrogen (secondary N) is 1. The monoisotopic (exact) mass is 237 g/mol. The molecule has 0 fully saturated rings. The normalized spacial score (nSPS) is 18.2. The van der Waals surface area contributed by atoms with Crippen molar-refractivity contribution in [1.29, 1.82) is 0 Å². The molecule has 0 radical (unpaired) electrons. The number of aliphatic hydroxyl groups is 1. The van der Waals surface area contributed by atoms with E-state index in [2.05, 4.69) is 37.6 Å². The van der Waals surface area contributed by atoms with Crippen molar-refractivity contribution >= 4 is 11.8 Å². The number of fused-ring (bicyclic) bond motifs is 1. The summed E-state index contributed by atoms with van der Waals surface area (Å²) >= 11 is 1.74. The summed E-state index contributed by atoms with van der Waals surface area (Å²) in [6, 6.07) is 4.38. The van der Waals surface area contributed by atoms with E-state index in [4.69, 9.17) is 0 Å². The van der Waals surface area contributed by atoms with E-state index in [0.29, 0.717) is 0 Å². The van der Waals surface area contributed by atoms with Gasteiger partial charge >= 0.3 is 0 Å². The van der Waals surface area contributed by atoms with Crippen LogP contribution in [0, 0.1) is 0 Å². The van der Waals surface area contributed by atoms with Crippen LogP contribution in [0.5, 0.6) is 0 Å². The van der Waals surface area contributed by atoms with E-state index in [-0.39, 0.29) is 12.1 Å². The first-order valence-electron chi connectivity index (χ1n) is 5.64. The maximum atomic E-state index is 9.51. The number of aliphatic hydroxyl groups excluding tert-OH is 1. The fourth-order valence-corrected chi connectivity index (χ4v) is 3.10. The van der Waals surface area contributed by atoms with Gasteiger partial charge in [0.2, 0.25) is 0 Å². The van der Waals surface area contributed by atoms with Gasteiger partial charge < -0.3 is 10.4 Å². The molecule has 3 heteroatoms. The van der Waals surface area contributed by atoms with E-state index in [9.17, 15) is 5.11 Å². The molecular formula is C13H19NOS. The van der Waals surface area contributed by atoms with Crippen LogP contribution in [-0.2, 0) is 18.6 Å². The topological polar surface area (TPSA) is 32.3 Å². The van der Waals surface area contributed by atoms with Gasteiger partial charge in [-0.3, -0.25) is 0 Å². The Morgan fingerprint density at radius 2 is 2.19 bits per heavy atom. The molecule has 16 heavy (non-hydrogen) atoms. The summed E-state index contributed by atoms with van der Waals surface area (Å²) < 4.78 is 0. The Balaban J connectivity index is 2.60. The van der Waals surface area contributed by atoms with Crippen LogP contribution in [0.3, 0.4) is 0 Å². The van der Waals surface area contributed by atoms with Gasteiger partial charge in [0.25, 0.3) is 0 Å². The predicted molar refractivity (Wildman–Crippen MR) is 68.9 cm³/mol. The van der Waals surface area contributed by atoms with Crippen LogP contribution in [0.15, 0.2) is 17.0 Å². The Kier molecular flexibility index (Phi) is 3.29. The zero-order valence-electron chi connectivity index (χ0n) is 10.1. The summed E-state index contributed by atoms with van der Waals surface area (Å²) in [7, 11) is 0. The van der Waals surface area contributed by atoms with Crippen LogP contribution in [-0.4, -0.2) is 17.9 Å². The third kappa shape index (κ3) is 1.99. The Morgan fingerprint density at radius 1 is 1.44 bits per heavy atom. The highest BCUT2D eigenvalue weighted by Gasteiger charge is 2.29. The van der Waals surface area contributed by atoms with Gasteiger partial charge in [0.15, 0.2) is 0 Å². The smallest absolute Gasteiger partial charge is 0.0685 e. The lowest BCUT2D eigenvalue weighted by Gasteiger charge is -2.36. The second-order valence-electron chi connectivity index (χ2n) is 4.78. The lowest BCUT2D eigenvalue weighted by Crippen LogP contribution is -2.43. The van der Waals surface area contributed by atoms with Gasteiger partial charge in [-0.05, 0) is 61.9 Å². The number of hydrogen-bond acceptors (Lipinski definition) is 3. The molecule has 2 rings (SSSR count). The number of rotatable bonds is 2. The highest BCUT2D eigenvalue weighted by molar-refractivity contribution is 7.98. The van der Waals surface area contributed by atoms with Crippen LogP contribution < -0.4 is 5.32 Å². The standard InChI is InChI=1S/C13H19NOS/c1-13(2)12-9(4-5-14-13)6-11(16-3)7-10(12)8-15/h6-7,14-15H,4-5,8H2,1-3H3. The van der Waals surface area contributed by atoms with E-state index in [1.54, 1.807) is 11.8 Å². The van der Waals surface area contributed by atoms with Crippen LogP contribution in [0.4, 0.5) is 0 Å². The van der Waals surface area contributed by atoms with Gasteiger partial charge in [0, 0.05) is 10.4 Å². The van der Waals surface area contributed by atoms with Gasteiger partial charge in [-0.25, -0.2) is 0 Å². The molecule has 0 aromatic heterocycles. The molecular weight excluding hydrogens is 218 g/mol. The van der Waals surface area contributed by atoms with Gasteiger partial charge in [-0.15, -0.1) is 11.8 Å². The largest absolute Gasteiger partial charge is 0.392 e. The fraction of sp³-hybridized carbons (Fsp3) is 0.538. The van der Waals surface area contributed by atoms with Crippen LogP contribution >= 0.6 is 11.8 Å². The lowest BCUT2D eigenvalue weighted by molar-refractivity contribution is 0.273. The van der Waals surface area contributed by atoms with Crippen LogP contribution in [0.1, 0.15) is 30.5 Å². The molecule has 2 N–H and O–H groups in total. The summed E-state index contributed by atoms with van der Waals surface area (Å²) in [6.45, 7) is 5.51. The molecule has 0 bridgehead atoms. The minimum Gasteiger partial charge on any atom is -0.392 e. The molecule has 0 unspecified atom stereocenters. The third-order valence-electron chi connectivity index (χ3n) is 3.27. The van der Waals surface area contributed by atoms with Crippen molar-refractivity contribution in [2.24, 2.45) is 0 Å². The number of benzene rings is 1. The molecule has 1 aliphatic rings. The Bertz CT molecular complexity index is 384. The molecule has 0 spiro atoms. The quantitative estimate of drug-likeness (QED) is 0.774. The summed E-state index contributed by atoms with van der Waals surface area (Å²) in [5.41, 5.74) is 3.72. The molecule has 0 atom stereocenters. The SMILES string of the molecule is CSc1cc(CO)c2c(c1)CCNC2(C)C. The minimum atomic E-state index is -0.0252.